The molecule has 0 bridgehead atoms. The normalized spacial score (nSPS) is 18.8. The third-order valence-electron chi connectivity index (χ3n) is 5.84. The summed E-state index contributed by atoms with van der Waals surface area (Å²) in [6.45, 7) is 4.14. The zero-order valence-electron chi connectivity index (χ0n) is 15.8. The molecule has 6 nitrogen and oxygen atoms in total. The summed E-state index contributed by atoms with van der Waals surface area (Å²) in [5.74, 6) is 2.78. The van der Waals surface area contributed by atoms with Gasteiger partial charge in [-0.05, 0) is 36.4 Å². The van der Waals surface area contributed by atoms with E-state index in [2.05, 4.69) is 19.7 Å². The van der Waals surface area contributed by atoms with E-state index in [1.165, 1.54) is 0 Å². The minimum absolute atomic E-state index is 0.632. The second-order valence-corrected chi connectivity index (χ2v) is 8.48. The molecule has 5 rings (SSSR count). The summed E-state index contributed by atoms with van der Waals surface area (Å²) in [5, 5.41) is 21.9. The number of likely N-dealkylation sites (tertiary alicyclic amines) is 1. The Kier molecular flexibility index (Phi) is 4.66. The molecule has 1 N–H and O–H groups in total. The molecule has 0 spiro atoms. The van der Waals surface area contributed by atoms with Crippen molar-refractivity contribution >= 4 is 11.3 Å². The lowest BCUT2D eigenvalue weighted by Crippen LogP contribution is -2.43. The van der Waals surface area contributed by atoms with Gasteiger partial charge >= 0.3 is 0 Å². The smallest absolute Gasteiger partial charge is 0.167 e. The molecule has 1 saturated heterocycles. The first-order chi connectivity index (χ1) is 13.7. The van der Waals surface area contributed by atoms with Crippen molar-refractivity contribution in [3.05, 3.63) is 52.5 Å². The Morgan fingerprint density at radius 3 is 2.75 bits per heavy atom. The van der Waals surface area contributed by atoms with Gasteiger partial charge in [-0.15, -0.1) is 21.5 Å². The molecule has 0 radical (unpaired) electrons. The number of piperidine rings is 1. The lowest BCUT2D eigenvalue weighted by molar-refractivity contribution is -0.0227. The third kappa shape index (κ3) is 3.23. The first-order valence-corrected chi connectivity index (χ1v) is 10.7. The minimum Gasteiger partial charge on any atom is -0.491 e. The number of aromatic nitrogens is 3. The van der Waals surface area contributed by atoms with E-state index in [1.807, 2.05) is 41.8 Å². The van der Waals surface area contributed by atoms with E-state index in [0.717, 1.165) is 73.3 Å². The zero-order valence-corrected chi connectivity index (χ0v) is 16.6. The summed E-state index contributed by atoms with van der Waals surface area (Å²) >= 11 is 1.65. The van der Waals surface area contributed by atoms with E-state index < -0.39 is 5.60 Å². The van der Waals surface area contributed by atoms with Crippen molar-refractivity contribution in [3.63, 3.8) is 0 Å². The van der Waals surface area contributed by atoms with Gasteiger partial charge in [-0.3, -0.25) is 0 Å². The highest BCUT2D eigenvalue weighted by molar-refractivity contribution is 7.10. The number of ether oxygens (including phenoxy) is 1. The van der Waals surface area contributed by atoms with Gasteiger partial charge in [-0.1, -0.05) is 18.2 Å². The van der Waals surface area contributed by atoms with Crippen molar-refractivity contribution in [2.24, 2.45) is 0 Å². The fourth-order valence-corrected chi connectivity index (χ4v) is 5.06. The fraction of sp³-hybridized carbons (Fsp3) is 0.429. The number of hydrogen-bond donors (Lipinski definition) is 1. The minimum atomic E-state index is -0.655. The highest BCUT2D eigenvalue weighted by atomic mass is 32.1. The maximum Gasteiger partial charge on any atom is 0.167 e. The molecular formula is C21H24N4O2S. The van der Waals surface area contributed by atoms with Crippen molar-refractivity contribution < 1.29 is 9.84 Å². The quantitative estimate of drug-likeness (QED) is 0.735. The van der Waals surface area contributed by atoms with E-state index in [1.54, 1.807) is 11.3 Å². The Morgan fingerprint density at radius 1 is 1.07 bits per heavy atom. The molecule has 2 aliphatic heterocycles. The van der Waals surface area contributed by atoms with Crippen LogP contribution in [0.5, 0.6) is 5.75 Å². The Hall–Kier alpha value is -2.22. The number of thiophene rings is 1. The molecule has 0 unspecified atom stereocenters. The first-order valence-electron chi connectivity index (χ1n) is 9.86. The summed E-state index contributed by atoms with van der Waals surface area (Å²) in [6.07, 6.45) is 2.42. The number of benzene rings is 1. The second kappa shape index (κ2) is 7.31. The van der Waals surface area contributed by atoms with Gasteiger partial charge in [0, 0.05) is 30.9 Å². The van der Waals surface area contributed by atoms with Gasteiger partial charge in [-0.2, -0.15) is 0 Å². The SMILES string of the molecule is OC1(c2cccs2)CCN(CCc2nnc3n2CCOc2ccccc2-3)CC1. The molecular weight excluding hydrogens is 372 g/mol. The van der Waals surface area contributed by atoms with Gasteiger partial charge in [0.25, 0.3) is 0 Å². The number of fused-ring (bicyclic) bond motifs is 3. The van der Waals surface area contributed by atoms with Crippen molar-refractivity contribution in [1.29, 1.82) is 0 Å². The predicted octanol–water partition coefficient (Wildman–Crippen LogP) is 2.93. The van der Waals surface area contributed by atoms with Crippen LogP contribution in [0.25, 0.3) is 11.4 Å². The van der Waals surface area contributed by atoms with Gasteiger partial charge < -0.3 is 19.3 Å². The fourth-order valence-electron chi connectivity index (χ4n) is 4.17. The van der Waals surface area contributed by atoms with E-state index in [4.69, 9.17) is 4.74 Å². The summed E-state index contributed by atoms with van der Waals surface area (Å²) in [7, 11) is 0. The van der Waals surface area contributed by atoms with Gasteiger partial charge in [0.15, 0.2) is 5.82 Å². The molecule has 4 heterocycles. The highest BCUT2D eigenvalue weighted by Gasteiger charge is 2.34. The molecule has 3 aromatic rings. The Bertz CT molecular complexity index is 945. The third-order valence-corrected chi connectivity index (χ3v) is 6.91. The summed E-state index contributed by atoms with van der Waals surface area (Å²) in [4.78, 5) is 3.51. The summed E-state index contributed by atoms with van der Waals surface area (Å²) in [5.41, 5.74) is 0.357. The van der Waals surface area contributed by atoms with Crippen molar-refractivity contribution in [3.8, 4) is 17.1 Å². The predicted molar refractivity (Wildman–Crippen MR) is 109 cm³/mol. The summed E-state index contributed by atoms with van der Waals surface area (Å²) < 4.78 is 8.06. The van der Waals surface area contributed by atoms with Crippen LogP contribution >= 0.6 is 11.3 Å². The van der Waals surface area contributed by atoms with E-state index in [-0.39, 0.29) is 0 Å². The molecule has 0 saturated carbocycles. The van der Waals surface area contributed by atoms with Crippen LogP contribution in [-0.4, -0.2) is 51.0 Å². The van der Waals surface area contributed by atoms with Crippen molar-refractivity contribution in [2.75, 3.05) is 26.2 Å². The molecule has 7 heteroatoms. The standard InChI is InChI=1S/C21H24N4O2S/c26-21(18-6-3-15-28-18)8-11-24(12-9-21)10-7-19-22-23-20-16-4-1-2-5-17(16)27-14-13-25(19)20/h1-6,15,26H,7-14H2. The van der Waals surface area contributed by atoms with E-state index in [0.29, 0.717) is 6.61 Å². The number of para-hydroxylation sites is 1. The topological polar surface area (TPSA) is 63.4 Å². The number of aliphatic hydroxyl groups is 1. The van der Waals surface area contributed by atoms with Gasteiger partial charge in [0.1, 0.15) is 23.8 Å². The maximum atomic E-state index is 10.9. The van der Waals surface area contributed by atoms with Crippen molar-refractivity contribution in [2.45, 2.75) is 31.4 Å². The van der Waals surface area contributed by atoms with Gasteiger partial charge in [0.05, 0.1) is 12.1 Å². The Balaban J connectivity index is 1.25. The Morgan fingerprint density at radius 2 is 1.93 bits per heavy atom. The second-order valence-electron chi connectivity index (χ2n) is 7.54. The molecule has 2 aliphatic rings. The molecule has 1 fully saturated rings. The number of nitrogens with zero attached hydrogens (tertiary/aromatic N) is 4. The average Bonchev–Trinajstić information content (AvgIpc) is 3.36. The molecule has 28 heavy (non-hydrogen) atoms. The van der Waals surface area contributed by atoms with Crippen LogP contribution in [0.3, 0.4) is 0 Å². The van der Waals surface area contributed by atoms with Crippen LogP contribution in [0.1, 0.15) is 23.5 Å². The van der Waals surface area contributed by atoms with E-state index in [9.17, 15) is 5.11 Å². The van der Waals surface area contributed by atoms with Gasteiger partial charge in [0.2, 0.25) is 0 Å². The molecule has 2 aromatic heterocycles. The van der Waals surface area contributed by atoms with Crippen LogP contribution in [-0.2, 0) is 18.6 Å². The molecule has 0 aliphatic carbocycles. The van der Waals surface area contributed by atoms with Crippen LogP contribution < -0.4 is 4.74 Å². The first kappa shape index (κ1) is 17.8. The lowest BCUT2D eigenvalue weighted by Gasteiger charge is -2.37. The lowest BCUT2D eigenvalue weighted by atomic mass is 9.90. The van der Waals surface area contributed by atoms with Crippen LogP contribution in [0.15, 0.2) is 41.8 Å². The van der Waals surface area contributed by atoms with E-state index >= 15 is 0 Å². The molecule has 146 valence electrons. The molecule has 1 aromatic carbocycles. The van der Waals surface area contributed by atoms with Crippen LogP contribution in [0.4, 0.5) is 0 Å². The monoisotopic (exact) mass is 396 g/mol. The average molecular weight is 397 g/mol. The van der Waals surface area contributed by atoms with Crippen LogP contribution in [0.2, 0.25) is 0 Å². The largest absolute Gasteiger partial charge is 0.491 e. The van der Waals surface area contributed by atoms with Gasteiger partial charge in [-0.25, -0.2) is 0 Å². The Labute approximate surface area is 168 Å². The number of hydrogen-bond acceptors (Lipinski definition) is 6. The molecule has 0 amide bonds. The van der Waals surface area contributed by atoms with Crippen LogP contribution in [0, 0.1) is 0 Å². The number of rotatable bonds is 4. The molecule has 0 atom stereocenters. The zero-order chi connectivity index (χ0) is 19.0. The highest BCUT2D eigenvalue weighted by Crippen LogP contribution is 2.35. The summed E-state index contributed by atoms with van der Waals surface area (Å²) in [6, 6.07) is 12.1. The maximum absolute atomic E-state index is 10.9. The van der Waals surface area contributed by atoms with Crippen molar-refractivity contribution in [1.82, 2.24) is 19.7 Å².